The van der Waals surface area contributed by atoms with E-state index in [1.54, 1.807) is 0 Å². The number of para-hydroxylation sites is 1. The highest BCUT2D eigenvalue weighted by Gasteiger charge is 2.27. The predicted octanol–water partition coefficient (Wildman–Crippen LogP) is 5.15. The van der Waals surface area contributed by atoms with E-state index in [9.17, 15) is 0 Å². The standard InChI is InChI=1S/C20H21NOS/c1-14-7-9-16(10-8-14)22-13-15-11-12-23-20-19(15)17-5-3-4-6-18(17)21(20)2/h3-10,15H,11-13H2,1-2H3. The van der Waals surface area contributed by atoms with Crippen molar-refractivity contribution in [3.63, 3.8) is 0 Å². The van der Waals surface area contributed by atoms with Gasteiger partial charge < -0.3 is 9.30 Å². The molecule has 1 aromatic heterocycles. The van der Waals surface area contributed by atoms with Crippen molar-refractivity contribution in [2.24, 2.45) is 7.05 Å². The maximum Gasteiger partial charge on any atom is 0.119 e. The van der Waals surface area contributed by atoms with Crippen molar-refractivity contribution in [3.05, 3.63) is 59.7 Å². The van der Waals surface area contributed by atoms with Gasteiger partial charge in [0.05, 0.1) is 11.6 Å². The van der Waals surface area contributed by atoms with Crippen LogP contribution in [0.2, 0.25) is 0 Å². The number of rotatable bonds is 3. The molecule has 0 fully saturated rings. The molecule has 4 rings (SSSR count). The third kappa shape index (κ3) is 2.63. The van der Waals surface area contributed by atoms with Gasteiger partial charge in [0.25, 0.3) is 0 Å². The van der Waals surface area contributed by atoms with Crippen LogP contribution in [-0.4, -0.2) is 16.9 Å². The number of ether oxygens (including phenoxy) is 1. The summed E-state index contributed by atoms with van der Waals surface area (Å²) in [4.78, 5) is 0. The Morgan fingerprint density at radius 1 is 1.13 bits per heavy atom. The molecule has 1 aliphatic heterocycles. The minimum atomic E-state index is 0.471. The Morgan fingerprint density at radius 2 is 1.91 bits per heavy atom. The summed E-state index contributed by atoms with van der Waals surface area (Å²) >= 11 is 1.98. The number of aromatic nitrogens is 1. The van der Waals surface area contributed by atoms with Crippen molar-refractivity contribution >= 4 is 22.7 Å². The first-order valence-electron chi connectivity index (χ1n) is 8.13. The molecule has 118 valence electrons. The van der Waals surface area contributed by atoms with E-state index >= 15 is 0 Å². The van der Waals surface area contributed by atoms with E-state index in [1.807, 2.05) is 11.8 Å². The van der Waals surface area contributed by atoms with Crippen molar-refractivity contribution in [2.45, 2.75) is 24.3 Å². The second kappa shape index (κ2) is 5.97. The quantitative estimate of drug-likeness (QED) is 0.662. The number of fused-ring (bicyclic) bond motifs is 3. The lowest BCUT2D eigenvalue weighted by atomic mass is 9.96. The molecule has 0 saturated heterocycles. The SMILES string of the molecule is Cc1ccc(OCC2CCSc3c2c2ccccc2n3C)cc1. The fraction of sp³-hybridized carbons (Fsp3) is 0.300. The maximum atomic E-state index is 6.10. The largest absolute Gasteiger partial charge is 0.493 e. The highest BCUT2D eigenvalue weighted by atomic mass is 32.2. The van der Waals surface area contributed by atoms with Crippen molar-refractivity contribution in [1.82, 2.24) is 4.57 Å². The van der Waals surface area contributed by atoms with Crippen LogP contribution in [0, 0.1) is 6.92 Å². The number of aryl methyl sites for hydroxylation is 2. The molecule has 23 heavy (non-hydrogen) atoms. The first-order chi connectivity index (χ1) is 11.2. The Labute approximate surface area is 141 Å². The average molecular weight is 323 g/mol. The second-order valence-corrected chi connectivity index (χ2v) is 7.34. The Bertz CT molecular complexity index is 835. The highest BCUT2D eigenvalue weighted by Crippen LogP contribution is 2.43. The van der Waals surface area contributed by atoms with E-state index < -0.39 is 0 Å². The molecular formula is C20H21NOS. The fourth-order valence-corrected chi connectivity index (χ4v) is 4.73. The summed E-state index contributed by atoms with van der Waals surface area (Å²) in [6.07, 6.45) is 1.18. The van der Waals surface area contributed by atoms with Crippen LogP contribution < -0.4 is 4.74 Å². The summed E-state index contributed by atoms with van der Waals surface area (Å²) in [7, 11) is 2.18. The lowest BCUT2D eigenvalue weighted by Gasteiger charge is -2.23. The van der Waals surface area contributed by atoms with Gasteiger partial charge in [-0.05, 0) is 37.1 Å². The zero-order chi connectivity index (χ0) is 15.8. The Morgan fingerprint density at radius 3 is 2.74 bits per heavy atom. The molecule has 0 spiro atoms. The molecule has 3 aromatic rings. The van der Waals surface area contributed by atoms with Crippen LogP contribution in [0.15, 0.2) is 53.6 Å². The predicted molar refractivity (Wildman–Crippen MR) is 97.7 cm³/mol. The van der Waals surface area contributed by atoms with Crippen LogP contribution in [0.5, 0.6) is 5.75 Å². The van der Waals surface area contributed by atoms with E-state index in [2.05, 4.69) is 67.1 Å². The van der Waals surface area contributed by atoms with E-state index in [4.69, 9.17) is 4.74 Å². The number of benzene rings is 2. The van der Waals surface area contributed by atoms with Crippen LogP contribution in [0.4, 0.5) is 0 Å². The van der Waals surface area contributed by atoms with Gasteiger partial charge in [0.2, 0.25) is 0 Å². The number of nitrogens with zero attached hydrogens (tertiary/aromatic N) is 1. The topological polar surface area (TPSA) is 14.2 Å². The molecule has 0 N–H and O–H groups in total. The van der Waals surface area contributed by atoms with E-state index in [-0.39, 0.29) is 0 Å². The van der Waals surface area contributed by atoms with E-state index in [0.29, 0.717) is 5.92 Å². The van der Waals surface area contributed by atoms with Crippen molar-refractivity contribution < 1.29 is 4.74 Å². The van der Waals surface area contributed by atoms with Gasteiger partial charge in [0.15, 0.2) is 0 Å². The van der Waals surface area contributed by atoms with Crippen LogP contribution in [0.3, 0.4) is 0 Å². The van der Waals surface area contributed by atoms with Crippen molar-refractivity contribution in [3.8, 4) is 5.75 Å². The van der Waals surface area contributed by atoms with Gasteiger partial charge in [-0.1, -0.05) is 35.9 Å². The van der Waals surface area contributed by atoms with E-state index in [1.165, 1.54) is 39.2 Å². The minimum absolute atomic E-state index is 0.471. The van der Waals surface area contributed by atoms with Crippen LogP contribution >= 0.6 is 11.8 Å². The van der Waals surface area contributed by atoms with E-state index in [0.717, 1.165) is 12.4 Å². The third-order valence-corrected chi connectivity index (χ3v) is 5.88. The number of hydrogen-bond acceptors (Lipinski definition) is 2. The Hall–Kier alpha value is -1.87. The van der Waals surface area contributed by atoms with Gasteiger partial charge in [0, 0.05) is 29.6 Å². The van der Waals surface area contributed by atoms with Gasteiger partial charge in [-0.3, -0.25) is 0 Å². The summed E-state index contributed by atoms with van der Waals surface area (Å²) in [5, 5.41) is 2.80. The molecule has 2 nitrogen and oxygen atoms in total. The van der Waals surface area contributed by atoms with Crippen molar-refractivity contribution in [1.29, 1.82) is 0 Å². The monoisotopic (exact) mass is 323 g/mol. The Kier molecular flexibility index (Phi) is 3.82. The molecule has 1 unspecified atom stereocenters. The molecule has 0 saturated carbocycles. The molecule has 0 bridgehead atoms. The molecule has 3 heteroatoms. The lowest BCUT2D eigenvalue weighted by Crippen LogP contribution is -2.15. The second-order valence-electron chi connectivity index (χ2n) is 6.25. The summed E-state index contributed by atoms with van der Waals surface area (Å²) in [6.45, 7) is 2.86. The first kappa shape index (κ1) is 14.7. The zero-order valence-electron chi connectivity index (χ0n) is 13.6. The maximum absolute atomic E-state index is 6.10. The zero-order valence-corrected chi connectivity index (χ0v) is 14.4. The smallest absolute Gasteiger partial charge is 0.119 e. The highest BCUT2D eigenvalue weighted by molar-refractivity contribution is 7.99. The third-order valence-electron chi connectivity index (χ3n) is 4.68. The first-order valence-corrected chi connectivity index (χ1v) is 9.12. The molecule has 0 aliphatic carbocycles. The average Bonchev–Trinajstić information content (AvgIpc) is 2.88. The summed E-state index contributed by atoms with van der Waals surface area (Å²) < 4.78 is 8.44. The molecule has 1 aliphatic rings. The summed E-state index contributed by atoms with van der Waals surface area (Å²) in [5.41, 5.74) is 4.07. The molecule has 0 amide bonds. The van der Waals surface area contributed by atoms with Gasteiger partial charge >= 0.3 is 0 Å². The summed E-state index contributed by atoms with van der Waals surface area (Å²) in [6, 6.07) is 17.1. The molecule has 2 aromatic carbocycles. The summed E-state index contributed by atoms with van der Waals surface area (Å²) in [5.74, 6) is 2.60. The van der Waals surface area contributed by atoms with Gasteiger partial charge in [-0.2, -0.15) is 0 Å². The lowest BCUT2D eigenvalue weighted by molar-refractivity contribution is 0.283. The number of thioether (sulfide) groups is 1. The van der Waals surface area contributed by atoms with Crippen LogP contribution in [0.25, 0.3) is 10.9 Å². The van der Waals surface area contributed by atoms with Crippen LogP contribution in [-0.2, 0) is 7.05 Å². The van der Waals surface area contributed by atoms with Crippen LogP contribution in [0.1, 0.15) is 23.5 Å². The molecule has 2 heterocycles. The molecular weight excluding hydrogens is 302 g/mol. The van der Waals surface area contributed by atoms with Gasteiger partial charge in [-0.25, -0.2) is 0 Å². The fourth-order valence-electron chi connectivity index (χ4n) is 3.41. The van der Waals surface area contributed by atoms with Gasteiger partial charge in [0.1, 0.15) is 5.75 Å². The molecule has 0 radical (unpaired) electrons. The molecule has 1 atom stereocenters. The van der Waals surface area contributed by atoms with Crippen molar-refractivity contribution in [2.75, 3.05) is 12.4 Å². The van der Waals surface area contributed by atoms with Gasteiger partial charge in [-0.15, -0.1) is 11.8 Å². The normalized spacial score (nSPS) is 17.2. The minimum Gasteiger partial charge on any atom is -0.493 e. The number of hydrogen-bond donors (Lipinski definition) is 0. The Balaban J connectivity index is 1.65.